The zero-order valence-electron chi connectivity index (χ0n) is 12.2. The van der Waals surface area contributed by atoms with Gasteiger partial charge in [-0.1, -0.05) is 0 Å². The summed E-state index contributed by atoms with van der Waals surface area (Å²) in [5.74, 6) is -0.921. The molecule has 0 aliphatic heterocycles. The maximum Gasteiger partial charge on any atom is 0.325 e. The van der Waals surface area contributed by atoms with Gasteiger partial charge in [0.1, 0.15) is 24.0 Å². The van der Waals surface area contributed by atoms with Crippen molar-refractivity contribution in [3.63, 3.8) is 0 Å². The van der Waals surface area contributed by atoms with E-state index in [1.807, 2.05) is 0 Å². The third-order valence-electron chi connectivity index (χ3n) is 3.11. The van der Waals surface area contributed by atoms with Crippen LogP contribution in [0.15, 0.2) is 30.0 Å². The minimum atomic E-state index is -0.907. The van der Waals surface area contributed by atoms with Crippen LogP contribution in [-0.4, -0.2) is 22.4 Å². The summed E-state index contributed by atoms with van der Waals surface area (Å²) in [7, 11) is 0. The van der Waals surface area contributed by atoms with Crippen LogP contribution in [0.5, 0.6) is 0 Å². The molecule has 0 spiro atoms. The lowest BCUT2D eigenvalue weighted by Gasteiger charge is -2.04. The number of carbonyl (C=O) groups excluding carboxylic acids is 2. The molecule has 1 aromatic carbocycles. The number of halogens is 2. The summed E-state index contributed by atoms with van der Waals surface area (Å²) >= 11 is 5.32. The molecule has 5 nitrogen and oxygen atoms in total. The smallest absolute Gasteiger partial charge is 0.325 e. The van der Waals surface area contributed by atoms with Gasteiger partial charge in [-0.3, -0.25) is 9.59 Å². The molecule has 0 fully saturated rings. The van der Waals surface area contributed by atoms with E-state index in [-0.39, 0.29) is 18.7 Å². The molecule has 1 heterocycles. The first-order valence-corrected chi connectivity index (χ1v) is 7.09. The molecule has 0 saturated carbocycles. The molecule has 0 saturated heterocycles. The van der Waals surface area contributed by atoms with Gasteiger partial charge in [0.15, 0.2) is 0 Å². The molecule has 0 aliphatic carbocycles. The predicted octanol–water partition coefficient (Wildman–Crippen LogP) is 3.02. The number of rotatable bonds is 5. The van der Waals surface area contributed by atoms with Gasteiger partial charge in [0.2, 0.25) is 0 Å². The molecule has 0 unspecified atom stereocenters. The fourth-order valence-electron chi connectivity index (χ4n) is 2.18. The molecule has 2 aromatic rings. The molecular formula is C16H12ClFN2O3. The summed E-state index contributed by atoms with van der Waals surface area (Å²) in [6.45, 7) is 1.87. The van der Waals surface area contributed by atoms with Crippen molar-refractivity contribution in [3.05, 3.63) is 41.3 Å². The topological polar surface area (TPSA) is 72.1 Å². The summed E-state index contributed by atoms with van der Waals surface area (Å²) in [5, 5.41) is 8.48. The second-order valence-corrected chi connectivity index (χ2v) is 4.97. The highest BCUT2D eigenvalue weighted by atomic mass is 35.5. The Morgan fingerprint density at radius 1 is 1.48 bits per heavy atom. The van der Waals surface area contributed by atoms with Crippen LogP contribution in [0.3, 0.4) is 0 Å². The van der Waals surface area contributed by atoms with Gasteiger partial charge < -0.3 is 9.30 Å². The summed E-state index contributed by atoms with van der Waals surface area (Å²) in [6.07, 6.45) is 2.80. The number of benzene rings is 1. The van der Waals surface area contributed by atoms with Gasteiger partial charge in [0, 0.05) is 22.7 Å². The Morgan fingerprint density at radius 2 is 2.22 bits per heavy atom. The molecular weight excluding hydrogens is 323 g/mol. The monoisotopic (exact) mass is 334 g/mol. The molecule has 23 heavy (non-hydrogen) atoms. The van der Waals surface area contributed by atoms with Crippen molar-refractivity contribution in [2.24, 2.45) is 0 Å². The van der Waals surface area contributed by atoms with Crippen LogP contribution in [0, 0.1) is 17.1 Å². The first-order valence-electron chi connectivity index (χ1n) is 6.72. The fourth-order valence-corrected chi connectivity index (χ4v) is 2.27. The van der Waals surface area contributed by atoms with Crippen molar-refractivity contribution in [1.29, 1.82) is 5.26 Å². The molecule has 0 aliphatic rings. The van der Waals surface area contributed by atoms with Crippen molar-refractivity contribution in [1.82, 2.24) is 4.57 Å². The SMILES string of the molecule is CCOC(=O)Cn1cc(C=C(C#N)C(=O)Cl)c2cc(F)ccc21. The standard InChI is InChI=1S/C16H12ClFN2O3/c1-2-23-15(21)9-20-8-11(5-10(7-19)16(17)22)13-6-12(18)3-4-14(13)20/h3-6,8H,2,9H2,1H3. The molecule has 2 rings (SSSR count). The van der Waals surface area contributed by atoms with Gasteiger partial charge in [0.25, 0.3) is 5.24 Å². The summed E-state index contributed by atoms with van der Waals surface area (Å²) in [4.78, 5) is 22.8. The zero-order chi connectivity index (χ0) is 17.0. The summed E-state index contributed by atoms with van der Waals surface area (Å²) in [6, 6.07) is 5.71. The van der Waals surface area contributed by atoms with E-state index in [4.69, 9.17) is 21.6 Å². The second kappa shape index (κ2) is 7.07. The second-order valence-electron chi connectivity index (χ2n) is 4.62. The van der Waals surface area contributed by atoms with E-state index < -0.39 is 17.0 Å². The van der Waals surface area contributed by atoms with Crippen LogP contribution >= 0.6 is 11.6 Å². The normalized spacial score (nSPS) is 11.3. The van der Waals surface area contributed by atoms with Crippen LogP contribution in [0.25, 0.3) is 17.0 Å². The highest BCUT2D eigenvalue weighted by molar-refractivity contribution is 6.68. The molecule has 7 heteroatoms. The van der Waals surface area contributed by atoms with Crippen molar-refractivity contribution in [3.8, 4) is 6.07 Å². The highest BCUT2D eigenvalue weighted by Gasteiger charge is 2.13. The first kappa shape index (κ1) is 16.7. The number of esters is 1. The van der Waals surface area contributed by atoms with Gasteiger partial charge in [-0.05, 0) is 42.8 Å². The molecule has 1 aromatic heterocycles. The number of hydrogen-bond acceptors (Lipinski definition) is 4. The Labute approximate surface area is 136 Å². The van der Waals surface area contributed by atoms with Crippen molar-refractivity contribution >= 4 is 39.8 Å². The lowest BCUT2D eigenvalue weighted by molar-refractivity contribution is -0.143. The number of nitrogens with zero attached hydrogens (tertiary/aromatic N) is 2. The van der Waals surface area contributed by atoms with Crippen molar-refractivity contribution in [2.75, 3.05) is 6.61 Å². The maximum atomic E-state index is 13.5. The Hall–Kier alpha value is -2.65. The van der Waals surface area contributed by atoms with E-state index in [9.17, 15) is 14.0 Å². The number of carbonyl (C=O) groups is 2. The Balaban J connectivity index is 2.57. The van der Waals surface area contributed by atoms with Crippen molar-refractivity contribution < 1.29 is 18.7 Å². The number of fused-ring (bicyclic) bond motifs is 1. The number of nitriles is 1. The fraction of sp³-hybridized carbons (Fsp3) is 0.188. The van der Waals surface area contributed by atoms with Crippen LogP contribution in [0.1, 0.15) is 12.5 Å². The largest absolute Gasteiger partial charge is 0.465 e. The lowest BCUT2D eigenvalue weighted by Crippen LogP contribution is -2.12. The number of ether oxygens (including phenoxy) is 1. The summed E-state index contributed by atoms with van der Waals surface area (Å²) in [5.41, 5.74) is 0.713. The van der Waals surface area contributed by atoms with Crippen LogP contribution in [0.2, 0.25) is 0 Å². The minimum absolute atomic E-state index is 0.0689. The van der Waals surface area contributed by atoms with E-state index in [2.05, 4.69) is 0 Å². The molecule has 0 atom stereocenters. The van der Waals surface area contributed by atoms with Crippen LogP contribution in [-0.2, 0) is 20.9 Å². The average molecular weight is 335 g/mol. The van der Waals surface area contributed by atoms with E-state index in [1.165, 1.54) is 30.5 Å². The van der Waals surface area contributed by atoms with Crippen LogP contribution < -0.4 is 0 Å². The zero-order valence-corrected chi connectivity index (χ0v) is 12.9. The van der Waals surface area contributed by atoms with E-state index in [0.29, 0.717) is 16.5 Å². The van der Waals surface area contributed by atoms with Gasteiger partial charge in [-0.25, -0.2) is 4.39 Å². The Morgan fingerprint density at radius 3 is 2.83 bits per heavy atom. The van der Waals surface area contributed by atoms with E-state index in [0.717, 1.165) is 0 Å². The third-order valence-corrected chi connectivity index (χ3v) is 3.31. The van der Waals surface area contributed by atoms with Gasteiger partial charge >= 0.3 is 5.97 Å². The van der Waals surface area contributed by atoms with E-state index >= 15 is 0 Å². The van der Waals surface area contributed by atoms with Gasteiger partial charge in [-0.2, -0.15) is 5.26 Å². The van der Waals surface area contributed by atoms with Crippen LogP contribution in [0.4, 0.5) is 4.39 Å². The highest BCUT2D eigenvalue weighted by Crippen LogP contribution is 2.25. The average Bonchev–Trinajstić information content (AvgIpc) is 2.81. The molecule has 0 radical (unpaired) electrons. The number of aromatic nitrogens is 1. The maximum absolute atomic E-state index is 13.5. The Kier molecular flexibility index (Phi) is 5.14. The first-order chi connectivity index (χ1) is 11.0. The quantitative estimate of drug-likeness (QED) is 0.365. The van der Waals surface area contributed by atoms with Gasteiger partial charge in [0.05, 0.1) is 6.61 Å². The molecule has 0 N–H and O–H groups in total. The molecule has 0 bridgehead atoms. The lowest BCUT2D eigenvalue weighted by atomic mass is 10.1. The van der Waals surface area contributed by atoms with Gasteiger partial charge in [-0.15, -0.1) is 0 Å². The number of hydrogen-bond donors (Lipinski definition) is 0. The molecule has 118 valence electrons. The van der Waals surface area contributed by atoms with Crippen molar-refractivity contribution in [2.45, 2.75) is 13.5 Å². The predicted molar refractivity (Wildman–Crippen MR) is 83.0 cm³/mol. The number of allylic oxidation sites excluding steroid dienone is 1. The minimum Gasteiger partial charge on any atom is -0.465 e. The molecule has 0 amide bonds. The summed E-state index contributed by atoms with van der Waals surface area (Å²) < 4.78 is 20.0. The Bertz CT molecular complexity index is 849. The van der Waals surface area contributed by atoms with E-state index in [1.54, 1.807) is 17.6 Å². The third kappa shape index (κ3) is 3.76.